The summed E-state index contributed by atoms with van der Waals surface area (Å²) < 4.78 is 34.1. The van der Waals surface area contributed by atoms with Gasteiger partial charge in [-0.2, -0.15) is 8.78 Å². The third kappa shape index (κ3) is 5.27. The molecular formula is C16H12Cl2F2N2O4. The zero-order valence-electron chi connectivity index (χ0n) is 13.2. The van der Waals surface area contributed by atoms with Crippen LogP contribution in [-0.2, 0) is 9.53 Å². The summed E-state index contributed by atoms with van der Waals surface area (Å²) in [5.41, 5.74) is -0.250. The average molecular weight is 405 g/mol. The molecule has 0 radical (unpaired) electrons. The molecule has 0 aliphatic rings. The number of carbonyl (C=O) groups is 2. The SMILES string of the molecule is CC(OC(=O)c1nc(Cl)ccc1Cl)C(=O)Nc1ccccc1OC(F)F. The molecule has 2 rings (SSSR count). The summed E-state index contributed by atoms with van der Waals surface area (Å²) in [4.78, 5) is 28.0. The molecule has 0 aliphatic carbocycles. The van der Waals surface area contributed by atoms with Gasteiger partial charge in [-0.25, -0.2) is 9.78 Å². The average Bonchev–Trinajstić information content (AvgIpc) is 2.58. The fourth-order valence-electron chi connectivity index (χ4n) is 1.83. The number of amides is 1. The van der Waals surface area contributed by atoms with Gasteiger partial charge in [0.15, 0.2) is 11.8 Å². The van der Waals surface area contributed by atoms with E-state index >= 15 is 0 Å². The summed E-state index contributed by atoms with van der Waals surface area (Å²) in [7, 11) is 0. The molecule has 0 saturated heterocycles. The number of hydrogen-bond acceptors (Lipinski definition) is 5. The topological polar surface area (TPSA) is 77.5 Å². The second kappa shape index (κ2) is 8.77. The number of alkyl halides is 2. The van der Waals surface area contributed by atoms with Crippen LogP contribution in [0.1, 0.15) is 17.4 Å². The molecule has 1 aromatic carbocycles. The Morgan fingerprint density at radius 1 is 1.15 bits per heavy atom. The summed E-state index contributed by atoms with van der Waals surface area (Å²) in [6.45, 7) is -1.76. The number of halogens is 4. The van der Waals surface area contributed by atoms with Crippen LogP contribution in [0, 0.1) is 0 Å². The van der Waals surface area contributed by atoms with Crippen LogP contribution in [0.15, 0.2) is 36.4 Å². The van der Waals surface area contributed by atoms with Crippen LogP contribution >= 0.6 is 23.2 Å². The molecule has 0 spiro atoms. The first-order valence-electron chi connectivity index (χ1n) is 7.15. The first kappa shape index (κ1) is 19.9. The molecule has 0 fully saturated rings. The molecule has 1 unspecified atom stereocenters. The van der Waals surface area contributed by atoms with Crippen molar-refractivity contribution in [3.8, 4) is 5.75 Å². The van der Waals surface area contributed by atoms with Crippen LogP contribution in [-0.4, -0.2) is 29.6 Å². The Morgan fingerprint density at radius 2 is 1.85 bits per heavy atom. The fraction of sp³-hybridized carbons (Fsp3) is 0.188. The standard InChI is InChI=1S/C16H12Cl2F2N2O4/c1-8(25-15(24)13-9(17)6-7-12(18)22-13)14(23)21-10-4-2-3-5-11(10)26-16(19)20/h2-8,16H,1H3,(H,21,23). The van der Waals surface area contributed by atoms with Crippen molar-refractivity contribution < 1.29 is 27.8 Å². The Balaban J connectivity index is 2.06. The molecule has 0 aliphatic heterocycles. The van der Waals surface area contributed by atoms with Gasteiger partial charge in [0.05, 0.1) is 10.7 Å². The summed E-state index contributed by atoms with van der Waals surface area (Å²) in [5, 5.41) is 2.37. The lowest BCUT2D eigenvalue weighted by molar-refractivity contribution is -0.123. The Hall–Kier alpha value is -2.45. The lowest BCUT2D eigenvalue weighted by Crippen LogP contribution is -2.30. The zero-order valence-corrected chi connectivity index (χ0v) is 14.7. The van der Waals surface area contributed by atoms with Gasteiger partial charge in [0.2, 0.25) is 0 Å². The van der Waals surface area contributed by atoms with Crippen molar-refractivity contribution in [1.82, 2.24) is 4.98 Å². The molecule has 10 heteroatoms. The number of pyridine rings is 1. The highest BCUT2D eigenvalue weighted by molar-refractivity contribution is 6.34. The normalized spacial score (nSPS) is 11.8. The van der Waals surface area contributed by atoms with E-state index in [1.807, 2.05) is 0 Å². The maximum Gasteiger partial charge on any atom is 0.387 e. The van der Waals surface area contributed by atoms with E-state index < -0.39 is 24.6 Å². The molecule has 26 heavy (non-hydrogen) atoms. The molecule has 0 bridgehead atoms. The quantitative estimate of drug-likeness (QED) is 0.577. The number of ether oxygens (including phenoxy) is 2. The number of aromatic nitrogens is 1. The number of esters is 1. The van der Waals surface area contributed by atoms with Crippen LogP contribution in [0.25, 0.3) is 0 Å². The first-order valence-corrected chi connectivity index (χ1v) is 7.91. The summed E-state index contributed by atoms with van der Waals surface area (Å²) in [6.07, 6.45) is -1.26. The zero-order chi connectivity index (χ0) is 19.3. The fourth-order valence-corrected chi connectivity index (χ4v) is 2.16. The first-order chi connectivity index (χ1) is 12.3. The van der Waals surface area contributed by atoms with Crippen molar-refractivity contribution in [2.75, 3.05) is 5.32 Å². The van der Waals surface area contributed by atoms with Gasteiger partial charge in [-0.1, -0.05) is 35.3 Å². The van der Waals surface area contributed by atoms with Gasteiger partial charge < -0.3 is 14.8 Å². The van der Waals surface area contributed by atoms with Crippen molar-refractivity contribution in [2.45, 2.75) is 19.6 Å². The smallest absolute Gasteiger partial charge is 0.387 e. The van der Waals surface area contributed by atoms with Crippen LogP contribution in [0.4, 0.5) is 14.5 Å². The van der Waals surface area contributed by atoms with Crippen molar-refractivity contribution in [3.05, 3.63) is 52.3 Å². The van der Waals surface area contributed by atoms with E-state index in [4.69, 9.17) is 27.9 Å². The van der Waals surface area contributed by atoms with E-state index in [0.29, 0.717) is 0 Å². The van der Waals surface area contributed by atoms with Gasteiger partial charge in [0.1, 0.15) is 10.9 Å². The number of carbonyl (C=O) groups excluding carboxylic acids is 2. The minimum Gasteiger partial charge on any atom is -0.448 e. The molecule has 0 saturated carbocycles. The highest BCUT2D eigenvalue weighted by atomic mass is 35.5. The van der Waals surface area contributed by atoms with Crippen LogP contribution in [0.5, 0.6) is 5.75 Å². The number of nitrogens with one attached hydrogen (secondary N) is 1. The lowest BCUT2D eigenvalue weighted by Gasteiger charge is -2.15. The predicted octanol–water partition coefficient (Wildman–Crippen LogP) is 4.17. The van der Waals surface area contributed by atoms with E-state index in [1.165, 1.54) is 43.3 Å². The van der Waals surface area contributed by atoms with Crippen molar-refractivity contribution in [1.29, 1.82) is 0 Å². The molecule has 2 aromatic rings. The van der Waals surface area contributed by atoms with Crippen molar-refractivity contribution in [2.24, 2.45) is 0 Å². The lowest BCUT2D eigenvalue weighted by atomic mass is 10.2. The van der Waals surface area contributed by atoms with E-state index in [2.05, 4.69) is 15.0 Å². The minimum atomic E-state index is -3.06. The van der Waals surface area contributed by atoms with E-state index in [0.717, 1.165) is 0 Å². The molecule has 1 N–H and O–H groups in total. The number of benzene rings is 1. The van der Waals surface area contributed by atoms with Gasteiger partial charge >= 0.3 is 12.6 Å². The van der Waals surface area contributed by atoms with Crippen molar-refractivity contribution in [3.63, 3.8) is 0 Å². The molecule has 1 amide bonds. The number of anilines is 1. The predicted molar refractivity (Wildman–Crippen MR) is 90.8 cm³/mol. The Bertz CT molecular complexity index is 821. The molecule has 1 aromatic heterocycles. The number of rotatable bonds is 6. The maximum atomic E-state index is 12.4. The number of nitrogens with zero attached hydrogens (tertiary/aromatic N) is 1. The molecule has 1 atom stereocenters. The Kier molecular flexibility index (Phi) is 6.70. The monoisotopic (exact) mass is 404 g/mol. The number of para-hydroxylation sites is 2. The van der Waals surface area contributed by atoms with Gasteiger partial charge in [0.25, 0.3) is 5.91 Å². The third-order valence-corrected chi connectivity index (χ3v) is 3.53. The second-order valence-electron chi connectivity index (χ2n) is 4.88. The van der Waals surface area contributed by atoms with Crippen LogP contribution in [0.2, 0.25) is 10.2 Å². The highest BCUT2D eigenvalue weighted by Gasteiger charge is 2.23. The Morgan fingerprint density at radius 3 is 2.54 bits per heavy atom. The summed E-state index contributed by atoms with van der Waals surface area (Å²) >= 11 is 11.5. The minimum absolute atomic E-state index is 0.000359. The maximum absolute atomic E-state index is 12.4. The van der Waals surface area contributed by atoms with Gasteiger partial charge in [-0.15, -0.1) is 0 Å². The van der Waals surface area contributed by atoms with Gasteiger partial charge in [0, 0.05) is 0 Å². The molecular weight excluding hydrogens is 393 g/mol. The van der Waals surface area contributed by atoms with Gasteiger partial charge in [-0.05, 0) is 31.2 Å². The second-order valence-corrected chi connectivity index (χ2v) is 5.67. The van der Waals surface area contributed by atoms with Crippen molar-refractivity contribution >= 4 is 40.8 Å². The molecule has 138 valence electrons. The van der Waals surface area contributed by atoms with E-state index in [9.17, 15) is 18.4 Å². The summed E-state index contributed by atoms with van der Waals surface area (Å²) in [6, 6.07) is 8.34. The van der Waals surface area contributed by atoms with E-state index in [1.54, 1.807) is 0 Å². The van der Waals surface area contributed by atoms with Gasteiger partial charge in [-0.3, -0.25) is 4.79 Å². The van der Waals surface area contributed by atoms with Crippen LogP contribution < -0.4 is 10.1 Å². The Labute approximate surface area is 157 Å². The molecule has 1 heterocycles. The third-order valence-electron chi connectivity index (χ3n) is 3.02. The highest BCUT2D eigenvalue weighted by Crippen LogP contribution is 2.26. The number of hydrogen-bond donors (Lipinski definition) is 1. The summed E-state index contributed by atoms with van der Waals surface area (Å²) in [5.74, 6) is -1.95. The van der Waals surface area contributed by atoms with Crippen LogP contribution in [0.3, 0.4) is 0 Å². The van der Waals surface area contributed by atoms with E-state index in [-0.39, 0.29) is 27.3 Å². The largest absolute Gasteiger partial charge is 0.448 e. The molecule has 6 nitrogen and oxygen atoms in total.